The van der Waals surface area contributed by atoms with Crippen LogP contribution in [0.5, 0.6) is 0 Å². The quantitative estimate of drug-likeness (QED) is 0.837. The Morgan fingerprint density at radius 3 is 2.67 bits per heavy atom. The zero-order chi connectivity index (χ0) is 12.5. The Kier molecular flexibility index (Phi) is 3.92. The maximum atomic E-state index is 10.1. The van der Waals surface area contributed by atoms with Gasteiger partial charge in [0.2, 0.25) is 0 Å². The SMILES string of the molecule is CC1CCC(CN2CCCC2C2CCCC2O)O1. The zero-order valence-corrected chi connectivity index (χ0v) is 11.6. The number of hydrogen-bond donors (Lipinski definition) is 1. The predicted molar refractivity (Wildman–Crippen MR) is 71.5 cm³/mol. The molecule has 0 amide bonds. The van der Waals surface area contributed by atoms with Crippen molar-refractivity contribution < 1.29 is 9.84 Å². The molecule has 2 heterocycles. The van der Waals surface area contributed by atoms with Gasteiger partial charge in [-0.3, -0.25) is 4.90 Å². The van der Waals surface area contributed by atoms with Crippen LogP contribution in [0.2, 0.25) is 0 Å². The molecule has 0 bridgehead atoms. The van der Waals surface area contributed by atoms with Crippen LogP contribution in [0.25, 0.3) is 0 Å². The summed E-state index contributed by atoms with van der Waals surface area (Å²) in [4.78, 5) is 2.61. The molecule has 3 heteroatoms. The van der Waals surface area contributed by atoms with Crippen molar-refractivity contribution in [2.24, 2.45) is 5.92 Å². The van der Waals surface area contributed by atoms with Crippen molar-refractivity contribution in [3.8, 4) is 0 Å². The van der Waals surface area contributed by atoms with Crippen LogP contribution in [-0.2, 0) is 4.74 Å². The van der Waals surface area contributed by atoms with Crippen LogP contribution in [0.4, 0.5) is 0 Å². The molecule has 2 saturated heterocycles. The third-order valence-electron chi connectivity index (χ3n) is 5.20. The molecule has 1 saturated carbocycles. The normalized spacial score (nSPS) is 46.0. The monoisotopic (exact) mass is 253 g/mol. The molecule has 0 spiro atoms. The van der Waals surface area contributed by atoms with Crippen LogP contribution >= 0.6 is 0 Å². The molecule has 0 radical (unpaired) electrons. The van der Waals surface area contributed by atoms with Crippen LogP contribution < -0.4 is 0 Å². The second kappa shape index (κ2) is 5.48. The van der Waals surface area contributed by atoms with E-state index in [4.69, 9.17) is 4.74 Å². The molecular formula is C15H27NO2. The predicted octanol–water partition coefficient (Wildman–Crippen LogP) is 2.18. The minimum atomic E-state index is -0.0426. The Balaban J connectivity index is 1.57. The van der Waals surface area contributed by atoms with Gasteiger partial charge in [0, 0.05) is 18.5 Å². The molecule has 18 heavy (non-hydrogen) atoms. The van der Waals surface area contributed by atoms with Crippen molar-refractivity contribution in [1.29, 1.82) is 0 Å². The van der Waals surface area contributed by atoms with Crippen LogP contribution in [-0.4, -0.2) is 47.4 Å². The first-order valence-corrected chi connectivity index (χ1v) is 7.81. The molecular weight excluding hydrogens is 226 g/mol. The van der Waals surface area contributed by atoms with Crippen molar-refractivity contribution in [3.63, 3.8) is 0 Å². The van der Waals surface area contributed by atoms with E-state index in [0.717, 1.165) is 13.0 Å². The summed E-state index contributed by atoms with van der Waals surface area (Å²) in [6.45, 7) is 4.49. The van der Waals surface area contributed by atoms with E-state index in [0.29, 0.717) is 24.2 Å². The van der Waals surface area contributed by atoms with Gasteiger partial charge in [0.25, 0.3) is 0 Å². The van der Waals surface area contributed by atoms with Crippen molar-refractivity contribution in [2.45, 2.75) is 76.2 Å². The molecule has 104 valence electrons. The van der Waals surface area contributed by atoms with E-state index in [9.17, 15) is 5.11 Å². The van der Waals surface area contributed by atoms with Gasteiger partial charge in [0.1, 0.15) is 0 Å². The van der Waals surface area contributed by atoms with E-state index in [1.54, 1.807) is 0 Å². The average molecular weight is 253 g/mol. The van der Waals surface area contributed by atoms with Crippen molar-refractivity contribution in [3.05, 3.63) is 0 Å². The molecule has 0 aromatic heterocycles. The lowest BCUT2D eigenvalue weighted by Gasteiger charge is -2.32. The van der Waals surface area contributed by atoms with E-state index >= 15 is 0 Å². The summed E-state index contributed by atoms with van der Waals surface area (Å²) in [5.74, 6) is 0.534. The van der Waals surface area contributed by atoms with Gasteiger partial charge in [-0.15, -0.1) is 0 Å². The molecule has 5 atom stereocenters. The summed E-state index contributed by atoms with van der Waals surface area (Å²) < 4.78 is 5.96. The maximum Gasteiger partial charge on any atom is 0.0706 e. The first-order chi connectivity index (χ1) is 8.74. The number of aliphatic hydroxyl groups excluding tert-OH is 1. The fourth-order valence-electron chi connectivity index (χ4n) is 4.26. The summed E-state index contributed by atoms with van der Waals surface area (Å²) in [5.41, 5.74) is 0. The Morgan fingerprint density at radius 1 is 1.11 bits per heavy atom. The van der Waals surface area contributed by atoms with E-state index in [2.05, 4.69) is 11.8 Å². The fourth-order valence-corrected chi connectivity index (χ4v) is 4.26. The van der Waals surface area contributed by atoms with Crippen molar-refractivity contribution in [1.82, 2.24) is 4.90 Å². The van der Waals surface area contributed by atoms with Gasteiger partial charge in [0.05, 0.1) is 18.3 Å². The van der Waals surface area contributed by atoms with Gasteiger partial charge < -0.3 is 9.84 Å². The standard InChI is InChI=1S/C15H27NO2/c1-11-7-8-12(18-11)10-16-9-3-5-14(16)13-4-2-6-15(13)17/h11-15,17H,2-10H2,1H3. The molecule has 5 unspecified atom stereocenters. The number of likely N-dealkylation sites (tertiary alicyclic amines) is 1. The average Bonchev–Trinajstić information content (AvgIpc) is 3.02. The highest BCUT2D eigenvalue weighted by Crippen LogP contribution is 2.36. The number of ether oxygens (including phenoxy) is 1. The van der Waals surface area contributed by atoms with E-state index < -0.39 is 0 Å². The van der Waals surface area contributed by atoms with Crippen molar-refractivity contribution in [2.75, 3.05) is 13.1 Å². The molecule has 1 N–H and O–H groups in total. The van der Waals surface area contributed by atoms with Crippen LogP contribution in [0.3, 0.4) is 0 Å². The Labute approximate surface area is 110 Å². The lowest BCUT2D eigenvalue weighted by atomic mass is 9.94. The smallest absolute Gasteiger partial charge is 0.0706 e. The third-order valence-corrected chi connectivity index (χ3v) is 5.20. The zero-order valence-electron chi connectivity index (χ0n) is 11.6. The number of aliphatic hydroxyl groups is 1. The van der Waals surface area contributed by atoms with Gasteiger partial charge in [-0.1, -0.05) is 6.42 Å². The Bertz CT molecular complexity index is 284. The summed E-state index contributed by atoms with van der Waals surface area (Å²) in [6.07, 6.45) is 9.34. The highest BCUT2D eigenvalue weighted by molar-refractivity contribution is 4.92. The summed E-state index contributed by atoms with van der Waals surface area (Å²) in [5, 5.41) is 10.1. The van der Waals surface area contributed by atoms with Gasteiger partial charge in [-0.25, -0.2) is 0 Å². The Morgan fingerprint density at radius 2 is 2.00 bits per heavy atom. The van der Waals surface area contributed by atoms with E-state index in [1.807, 2.05) is 0 Å². The van der Waals surface area contributed by atoms with Gasteiger partial charge in [-0.05, 0) is 52.0 Å². The second-order valence-corrected chi connectivity index (χ2v) is 6.51. The minimum Gasteiger partial charge on any atom is -0.393 e. The number of nitrogens with zero attached hydrogens (tertiary/aromatic N) is 1. The third kappa shape index (κ3) is 2.59. The van der Waals surface area contributed by atoms with Crippen LogP contribution in [0.1, 0.15) is 51.9 Å². The highest BCUT2D eigenvalue weighted by atomic mass is 16.5. The molecule has 0 aromatic carbocycles. The van der Waals surface area contributed by atoms with Crippen molar-refractivity contribution >= 4 is 0 Å². The molecule has 3 nitrogen and oxygen atoms in total. The largest absolute Gasteiger partial charge is 0.393 e. The lowest BCUT2D eigenvalue weighted by Crippen LogP contribution is -2.42. The molecule has 3 fully saturated rings. The fraction of sp³-hybridized carbons (Fsp3) is 1.00. The lowest BCUT2D eigenvalue weighted by molar-refractivity contribution is 0.0120. The summed E-state index contributed by atoms with van der Waals surface area (Å²) in [7, 11) is 0. The maximum absolute atomic E-state index is 10.1. The molecule has 1 aliphatic carbocycles. The second-order valence-electron chi connectivity index (χ2n) is 6.51. The molecule has 0 aromatic rings. The van der Waals surface area contributed by atoms with Gasteiger partial charge in [0.15, 0.2) is 0 Å². The van der Waals surface area contributed by atoms with E-state index in [-0.39, 0.29) is 6.10 Å². The highest BCUT2D eigenvalue weighted by Gasteiger charge is 2.39. The molecule has 3 aliphatic rings. The van der Waals surface area contributed by atoms with Gasteiger partial charge >= 0.3 is 0 Å². The topological polar surface area (TPSA) is 32.7 Å². The minimum absolute atomic E-state index is 0.0426. The Hall–Kier alpha value is -0.120. The van der Waals surface area contributed by atoms with Gasteiger partial charge in [-0.2, -0.15) is 0 Å². The molecule has 3 rings (SSSR count). The van der Waals surface area contributed by atoms with Crippen LogP contribution in [0.15, 0.2) is 0 Å². The first-order valence-electron chi connectivity index (χ1n) is 7.81. The van der Waals surface area contributed by atoms with Crippen LogP contribution in [0, 0.1) is 5.92 Å². The van der Waals surface area contributed by atoms with E-state index in [1.165, 1.54) is 45.1 Å². The molecule has 2 aliphatic heterocycles. The summed E-state index contributed by atoms with van der Waals surface area (Å²) >= 11 is 0. The first kappa shape index (κ1) is 12.9. The summed E-state index contributed by atoms with van der Waals surface area (Å²) in [6, 6.07) is 0.627. The number of rotatable bonds is 3. The number of hydrogen-bond acceptors (Lipinski definition) is 3.